The third-order valence-corrected chi connectivity index (χ3v) is 6.23. The van der Waals surface area contributed by atoms with E-state index in [4.69, 9.17) is 9.72 Å². The van der Waals surface area contributed by atoms with Crippen LogP contribution in [0.3, 0.4) is 0 Å². The van der Waals surface area contributed by atoms with Gasteiger partial charge < -0.3 is 14.5 Å². The fourth-order valence-corrected chi connectivity index (χ4v) is 4.75. The first-order valence-electron chi connectivity index (χ1n) is 10.5. The molecular formula is C22H30N4O2. The lowest BCUT2D eigenvalue weighted by Gasteiger charge is -2.41. The summed E-state index contributed by atoms with van der Waals surface area (Å²) in [7, 11) is 1.60. The average molecular weight is 383 g/mol. The molecule has 2 aromatic rings. The second-order valence-corrected chi connectivity index (χ2v) is 7.98. The molecule has 6 heteroatoms. The number of amides is 1. The molecule has 2 fully saturated rings. The van der Waals surface area contributed by atoms with Crippen LogP contribution in [0.1, 0.15) is 38.5 Å². The van der Waals surface area contributed by atoms with Crippen LogP contribution in [0.2, 0.25) is 0 Å². The van der Waals surface area contributed by atoms with Gasteiger partial charge in [0.1, 0.15) is 12.4 Å². The predicted octanol–water partition coefficient (Wildman–Crippen LogP) is 3.26. The number of aromatic nitrogens is 2. The summed E-state index contributed by atoms with van der Waals surface area (Å²) in [6.45, 7) is 3.02. The Hall–Kier alpha value is -2.21. The second kappa shape index (κ2) is 8.86. The summed E-state index contributed by atoms with van der Waals surface area (Å²) in [4.78, 5) is 26.4. The van der Waals surface area contributed by atoms with Crippen molar-refractivity contribution in [2.24, 2.45) is 5.92 Å². The number of carbonyl (C=O) groups excluding carboxylic acids is 1. The number of nitrogens with zero attached hydrogens (tertiary/aromatic N) is 4. The maximum Gasteiger partial charge on any atom is 0.248 e. The van der Waals surface area contributed by atoms with E-state index < -0.39 is 0 Å². The van der Waals surface area contributed by atoms with Crippen molar-refractivity contribution in [1.82, 2.24) is 14.9 Å². The summed E-state index contributed by atoms with van der Waals surface area (Å²) in [6, 6.07) is 8.37. The van der Waals surface area contributed by atoms with Crippen LogP contribution in [0.15, 0.2) is 30.5 Å². The van der Waals surface area contributed by atoms with Crippen LogP contribution >= 0.6 is 0 Å². The number of piperidine rings is 1. The number of benzene rings is 1. The molecule has 150 valence electrons. The molecule has 0 radical (unpaired) electrons. The molecule has 2 aliphatic rings. The van der Waals surface area contributed by atoms with Crippen molar-refractivity contribution >= 4 is 22.8 Å². The molecule has 2 saturated heterocycles. The van der Waals surface area contributed by atoms with Crippen LogP contribution in [0.5, 0.6) is 0 Å². The van der Waals surface area contributed by atoms with Gasteiger partial charge in [-0.3, -0.25) is 9.78 Å². The predicted molar refractivity (Wildman–Crippen MR) is 110 cm³/mol. The smallest absolute Gasteiger partial charge is 0.248 e. The number of fused-ring (bicyclic) bond motifs is 1. The largest absolute Gasteiger partial charge is 0.375 e. The molecule has 28 heavy (non-hydrogen) atoms. The van der Waals surface area contributed by atoms with Gasteiger partial charge in [-0.1, -0.05) is 25.0 Å². The van der Waals surface area contributed by atoms with Crippen molar-refractivity contribution in [3.05, 3.63) is 30.5 Å². The number of hydrogen-bond acceptors (Lipinski definition) is 5. The van der Waals surface area contributed by atoms with Gasteiger partial charge in [0.05, 0.1) is 17.2 Å². The molecular weight excluding hydrogens is 352 g/mol. The molecule has 1 aromatic heterocycles. The number of rotatable bonds is 4. The van der Waals surface area contributed by atoms with E-state index in [0.717, 1.165) is 62.2 Å². The van der Waals surface area contributed by atoms with Gasteiger partial charge in [0, 0.05) is 32.8 Å². The van der Waals surface area contributed by atoms with Crippen molar-refractivity contribution in [2.45, 2.75) is 44.6 Å². The van der Waals surface area contributed by atoms with E-state index in [0.29, 0.717) is 12.0 Å². The van der Waals surface area contributed by atoms with Crippen LogP contribution in [-0.4, -0.2) is 60.2 Å². The summed E-state index contributed by atoms with van der Waals surface area (Å²) in [5.74, 6) is 1.67. The Labute approximate surface area is 166 Å². The van der Waals surface area contributed by atoms with Crippen molar-refractivity contribution in [1.29, 1.82) is 0 Å². The molecule has 1 atom stereocenters. The Morgan fingerprint density at radius 1 is 1.07 bits per heavy atom. The molecule has 3 heterocycles. The third-order valence-electron chi connectivity index (χ3n) is 6.23. The number of hydrogen-bond donors (Lipinski definition) is 0. The van der Waals surface area contributed by atoms with E-state index in [9.17, 15) is 4.79 Å². The summed E-state index contributed by atoms with van der Waals surface area (Å²) in [6.07, 6.45) is 8.75. The zero-order valence-electron chi connectivity index (χ0n) is 16.7. The van der Waals surface area contributed by atoms with E-state index in [2.05, 4.69) is 14.8 Å². The van der Waals surface area contributed by atoms with Crippen molar-refractivity contribution in [3.63, 3.8) is 0 Å². The van der Waals surface area contributed by atoms with Gasteiger partial charge in [0.2, 0.25) is 5.91 Å². The quantitative estimate of drug-likeness (QED) is 0.812. The minimum absolute atomic E-state index is 0.150. The summed E-state index contributed by atoms with van der Waals surface area (Å²) in [5, 5.41) is 0. The number of ether oxygens (including phenoxy) is 1. The molecule has 4 rings (SSSR count). The van der Waals surface area contributed by atoms with Crippen LogP contribution in [0, 0.1) is 5.92 Å². The molecule has 1 aromatic carbocycles. The lowest BCUT2D eigenvalue weighted by atomic mass is 9.86. The van der Waals surface area contributed by atoms with Crippen molar-refractivity contribution in [3.8, 4) is 0 Å². The highest BCUT2D eigenvalue weighted by molar-refractivity contribution is 5.78. The molecule has 0 bridgehead atoms. The second-order valence-electron chi connectivity index (χ2n) is 7.98. The number of para-hydroxylation sites is 2. The lowest BCUT2D eigenvalue weighted by molar-refractivity contribution is -0.138. The number of anilines is 1. The van der Waals surface area contributed by atoms with Gasteiger partial charge in [-0.15, -0.1) is 0 Å². The van der Waals surface area contributed by atoms with E-state index in [-0.39, 0.29) is 12.5 Å². The highest BCUT2D eigenvalue weighted by atomic mass is 16.5. The summed E-state index contributed by atoms with van der Waals surface area (Å²) in [5.41, 5.74) is 1.88. The molecule has 0 unspecified atom stereocenters. The molecule has 0 saturated carbocycles. The maximum atomic E-state index is 12.6. The van der Waals surface area contributed by atoms with Gasteiger partial charge in [0.25, 0.3) is 0 Å². The molecule has 0 N–H and O–H groups in total. The molecule has 6 nitrogen and oxygen atoms in total. The number of carbonyl (C=O) groups is 1. The SMILES string of the molecule is COCC(=O)N1CCCCC[C@@H]1C1CCN(c2cnc3ccccc3n2)CC1. The number of likely N-dealkylation sites (tertiary alicyclic amines) is 1. The minimum Gasteiger partial charge on any atom is -0.375 e. The Morgan fingerprint density at radius 3 is 2.64 bits per heavy atom. The summed E-state index contributed by atoms with van der Waals surface area (Å²) >= 11 is 0. The highest BCUT2D eigenvalue weighted by Crippen LogP contribution is 2.31. The van der Waals surface area contributed by atoms with Gasteiger partial charge in [-0.05, 0) is 43.7 Å². The lowest BCUT2D eigenvalue weighted by Crippen LogP contribution is -2.49. The van der Waals surface area contributed by atoms with E-state index in [1.807, 2.05) is 30.5 Å². The first-order chi connectivity index (χ1) is 13.8. The summed E-state index contributed by atoms with van der Waals surface area (Å²) < 4.78 is 5.13. The zero-order valence-corrected chi connectivity index (χ0v) is 16.7. The Balaban J connectivity index is 1.43. The monoisotopic (exact) mass is 382 g/mol. The van der Waals surface area contributed by atoms with Crippen LogP contribution in [-0.2, 0) is 9.53 Å². The fourth-order valence-electron chi connectivity index (χ4n) is 4.75. The van der Waals surface area contributed by atoms with E-state index in [1.54, 1.807) is 7.11 Å². The van der Waals surface area contributed by atoms with Gasteiger partial charge in [-0.2, -0.15) is 0 Å². The first-order valence-corrected chi connectivity index (χ1v) is 10.5. The highest BCUT2D eigenvalue weighted by Gasteiger charge is 2.34. The van der Waals surface area contributed by atoms with E-state index in [1.165, 1.54) is 12.8 Å². The zero-order chi connectivity index (χ0) is 19.3. The van der Waals surface area contributed by atoms with Crippen LogP contribution in [0.25, 0.3) is 11.0 Å². The van der Waals surface area contributed by atoms with E-state index >= 15 is 0 Å². The maximum absolute atomic E-state index is 12.6. The standard InChI is InChI=1S/C22H30N4O2/c1-28-16-22(27)26-12-6-2-3-9-20(26)17-10-13-25(14-11-17)21-15-23-18-7-4-5-8-19(18)24-21/h4-5,7-8,15,17,20H,2-3,6,9-14,16H2,1H3/t20-/m1/s1. The average Bonchev–Trinajstić information content (AvgIpc) is 3.00. The van der Waals surface area contributed by atoms with Gasteiger partial charge >= 0.3 is 0 Å². The topological polar surface area (TPSA) is 58.6 Å². The van der Waals surface area contributed by atoms with Gasteiger partial charge in [-0.25, -0.2) is 4.98 Å². The molecule has 2 aliphatic heterocycles. The fraction of sp³-hybridized carbons (Fsp3) is 0.591. The molecule has 0 aliphatic carbocycles. The Kier molecular flexibility index (Phi) is 6.05. The van der Waals surface area contributed by atoms with Crippen LogP contribution in [0.4, 0.5) is 5.82 Å². The Bertz CT molecular complexity index is 804. The minimum atomic E-state index is 0.150. The molecule has 0 spiro atoms. The number of methoxy groups -OCH3 is 1. The third kappa shape index (κ3) is 4.12. The molecule has 1 amide bonds. The first kappa shape index (κ1) is 19.1. The normalized spacial score (nSPS) is 21.7. The Morgan fingerprint density at radius 2 is 1.86 bits per heavy atom. The van der Waals surface area contributed by atoms with Crippen molar-refractivity contribution < 1.29 is 9.53 Å². The van der Waals surface area contributed by atoms with Crippen LogP contribution < -0.4 is 4.90 Å². The van der Waals surface area contributed by atoms with Gasteiger partial charge in [0.15, 0.2) is 0 Å². The van der Waals surface area contributed by atoms with Crippen molar-refractivity contribution in [2.75, 3.05) is 38.3 Å².